The first-order valence-corrected chi connectivity index (χ1v) is 7.10. The van der Waals surface area contributed by atoms with Gasteiger partial charge in [-0.2, -0.15) is 0 Å². The summed E-state index contributed by atoms with van der Waals surface area (Å²) in [6.45, 7) is 2.25. The molecule has 0 heterocycles. The van der Waals surface area contributed by atoms with Gasteiger partial charge in [-0.1, -0.05) is 51.2 Å². The molecule has 0 amide bonds. The van der Waals surface area contributed by atoms with Gasteiger partial charge in [0, 0.05) is 5.30 Å². The van der Waals surface area contributed by atoms with E-state index in [-0.39, 0.29) is 8.46 Å². The molecule has 0 spiro atoms. The van der Waals surface area contributed by atoms with E-state index in [1.54, 1.807) is 0 Å². The van der Waals surface area contributed by atoms with Crippen LogP contribution in [0.2, 0.25) is 0 Å². The summed E-state index contributed by atoms with van der Waals surface area (Å²) in [4.78, 5) is 0. The first-order chi connectivity index (χ1) is 7.86. The largest absolute Gasteiger partial charge is 0.269 e. The number of hydrogen-bond acceptors (Lipinski definition) is 1. The summed E-state index contributed by atoms with van der Waals surface area (Å²) in [7, 11) is 0.122. The summed E-state index contributed by atoms with van der Waals surface area (Å²) in [6.07, 6.45) is 9.20. The van der Waals surface area contributed by atoms with Crippen molar-refractivity contribution in [2.75, 3.05) is 0 Å². The van der Waals surface area contributed by atoms with Crippen molar-refractivity contribution in [1.29, 1.82) is 0 Å². The highest BCUT2D eigenvalue weighted by Gasteiger charge is 1.95. The van der Waals surface area contributed by atoms with Crippen LogP contribution in [0.4, 0.5) is 0 Å². The van der Waals surface area contributed by atoms with Crippen LogP contribution >= 0.6 is 8.46 Å². The number of benzene rings is 1. The first kappa shape index (κ1) is 13.4. The molecule has 88 valence electrons. The lowest BCUT2D eigenvalue weighted by atomic mass is 10.1. The molecule has 2 heteroatoms. The number of unbranched alkanes of at least 4 members (excludes halogenated alkanes) is 5. The second-order valence-corrected chi connectivity index (χ2v) is 4.97. The Balaban J connectivity index is 2.14. The molecule has 0 N–H and O–H groups in total. The van der Waals surface area contributed by atoms with E-state index in [4.69, 9.17) is 0 Å². The summed E-state index contributed by atoms with van der Waals surface area (Å²) in [5.41, 5.74) is 1.36. The summed E-state index contributed by atoms with van der Waals surface area (Å²) < 4.78 is 10.6. The summed E-state index contributed by atoms with van der Waals surface area (Å²) >= 11 is 0. The fourth-order valence-electron chi connectivity index (χ4n) is 1.83. The van der Waals surface area contributed by atoms with E-state index in [0.717, 1.165) is 11.7 Å². The van der Waals surface area contributed by atoms with Crippen molar-refractivity contribution in [3.63, 3.8) is 0 Å². The number of aryl methyl sites for hydroxylation is 1. The molecular formula is C14H21OP. The van der Waals surface area contributed by atoms with Crippen LogP contribution in [0, 0.1) is 0 Å². The van der Waals surface area contributed by atoms with Crippen molar-refractivity contribution < 1.29 is 4.57 Å². The molecule has 0 aromatic heterocycles. The van der Waals surface area contributed by atoms with Crippen LogP contribution in [0.25, 0.3) is 0 Å². The minimum atomic E-state index is 0.122. The highest BCUT2D eigenvalue weighted by atomic mass is 31.1. The number of rotatable bonds is 8. The van der Waals surface area contributed by atoms with Crippen molar-refractivity contribution in [3.8, 4) is 0 Å². The van der Waals surface area contributed by atoms with E-state index in [0.29, 0.717) is 0 Å². The molecule has 0 radical (unpaired) electrons. The molecular weight excluding hydrogens is 215 g/mol. The van der Waals surface area contributed by atoms with Crippen molar-refractivity contribution in [2.45, 2.75) is 51.9 Å². The molecule has 1 rings (SSSR count). The highest BCUT2D eigenvalue weighted by Crippen LogP contribution is 2.09. The average molecular weight is 236 g/mol. The maximum atomic E-state index is 10.6. The Morgan fingerprint density at radius 1 is 0.938 bits per heavy atom. The normalized spacial score (nSPS) is 10.8. The van der Waals surface area contributed by atoms with E-state index in [9.17, 15) is 4.57 Å². The molecule has 1 aromatic carbocycles. The van der Waals surface area contributed by atoms with Crippen LogP contribution in [0.3, 0.4) is 0 Å². The molecule has 1 aromatic rings. The van der Waals surface area contributed by atoms with E-state index in [1.165, 1.54) is 44.1 Å². The van der Waals surface area contributed by atoms with Crippen LogP contribution < -0.4 is 5.30 Å². The van der Waals surface area contributed by atoms with Crippen molar-refractivity contribution in [2.24, 2.45) is 0 Å². The summed E-state index contributed by atoms with van der Waals surface area (Å²) in [6, 6.07) is 8.07. The van der Waals surface area contributed by atoms with Gasteiger partial charge in [0.25, 0.3) is 0 Å². The van der Waals surface area contributed by atoms with Crippen LogP contribution in [-0.2, 0) is 11.0 Å². The average Bonchev–Trinajstić information content (AvgIpc) is 2.34. The third kappa shape index (κ3) is 5.42. The van der Waals surface area contributed by atoms with E-state index in [1.807, 2.05) is 12.1 Å². The van der Waals surface area contributed by atoms with E-state index < -0.39 is 0 Å². The monoisotopic (exact) mass is 236 g/mol. The zero-order valence-electron chi connectivity index (χ0n) is 10.1. The fourth-order valence-corrected chi connectivity index (χ4v) is 2.10. The predicted octanol–water partition coefficient (Wildman–Crippen LogP) is 4.51. The molecule has 0 aliphatic heterocycles. The molecule has 0 aliphatic carbocycles. The van der Waals surface area contributed by atoms with Gasteiger partial charge in [0.2, 0.25) is 0 Å². The van der Waals surface area contributed by atoms with Gasteiger partial charge < -0.3 is 0 Å². The van der Waals surface area contributed by atoms with Crippen molar-refractivity contribution in [3.05, 3.63) is 29.8 Å². The van der Waals surface area contributed by atoms with Gasteiger partial charge in [-0.05, 0) is 30.5 Å². The highest BCUT2D eigenvalue weighted by molar-refractivity contribution is 7.34. The van der Waals surface area contributed by atoms with E-state index in [2.05, 4.69) is 19.1 Å². The van der Waals surface area contributed by atoms with Crippen molar-refractivity contribution in [1.82, 2.24) is 0 Å². The van der Waals surface area contributed by atoms with Crippen LogP contribution in [0.1, 0.15) is 51.0 Å². The van der Waals surface area contributed by atoms with Gasteiger partial charge in [-0.3, -0.25) is 4.57 Å². The van der Waals surface area contributed by atoms with Gasteiger partial charge in [0.15, 0.2) is 8.46 Å². The molecule has 0 saturated carbocycles. The Labute approximate surface area is 100 Å². The van der Waals surface area contributed by atoms with Crippen molar-refractivity contribution >= 4 is 13.8 Å². The zero-order chi connectivity index (χ0) is 11.6. The SMILES string of the molecule is CCCCCCCCc1ccc(P=O)cc1. The topological polar surface area (TPSA) is 17.1 Å². The first-order valence-electron chi connectivity index (χ1n) is 6.29. The van der Waals surface area contributed by atoms with Gasteiger partial charge in [-0.15, -0.1) is 0 Å². The Morgan fingerprint density at radius 2 is 1.56 bits per heavy atom. The fraction of sp³-hybridized carbons (Fsp3) is 0.571. The van der Waals surface area contributed by atoms with Gasteiger partial charge >= 0.3 is 0 Å². The Morgan fingerprint density at radius 3 is 2.19 bits per heavy atom. The lowest BCUT2D eigenvalue weighted by molar-refractivity contribution is 0.603. The Bertz CT molecular complexity index is 292. The van der Waals surface area contributed by atoms with Crippen LogP contribution in [0.5, 0.6) is 0 Å². The molecule has 0 bridgehead atoms. The number of hydrogen-bond donors (Lipinski definition) is 0. The maximum absolute atomic E-state index is 10.6. The third-order valence-corrected chi connectivity index (χ3v) is 3.37. The molecule has 0 unspecified atom stereocenters. The van der Waals surface area contributed by atoms with Gasteiger partial charge in [-0.25, -0.2) is 0 Å². The summed E-state index contributed by atoms with van der Waals surface area (Å²) in [5.74, 6) is 0. The Kier molecular flexibility index (Phi) is 7.09. The minimum Gasteiger partial charge on any atom is -0.269 e. The molecule has 0 saturated heterocycles. The molecule has 16 heavy (non-hydrogen) atoms. The van der Waals surface area contributed by atoms with E-state index >= 15 is 0 Å². The second kappa shape index (κ2) is 8.47. The lowest BCUT2D eigenvalue weighted by Crippen LogP contribution is -1.92. The van der Waals surface area contributed by atoms with Gasteiger partial charge in [0.1, 0.15) is 0 Å². The van der Waals surface area contributed by atoms with Gasteiger partial charge in [0.05, 0.1) is 0 Å². The maximum Gasteiger partial charge on any atom is 0.192 e. The summed E-state index contributed by atoms with van der Waals surface area (Å²) in [5, 5.41) is 0.867. The predicted molar refractivity (Wildman–Crippen MR) is 70.8 cm³/mol. The molecule has 0 aliphatic rings. The smallest absolute Gasteiger partial charge is 0.192 e. The minimum absolute atomic E-state index is 0.122. The lowest BCUT2D eigenvalue weighted by Gasteiger charge is -2.02. The molecule has 1 nitrogen and oxygen atoms in total. The van der Waals surface area contributed by atoms with Crippen LogP contribution in [0.15, 0.2) is 24.3 Å². The standard InChI is InChI=1S/C14H21OP/c1-2-3-4-5-6-7-8-13-9-11-14(16-15)12-10-13/h9-12H,2-8H2,1H3. The second-order valence-electron chi connectivity index (χ2n) is 4.28. The molecule has 0 fully saturated rings. The van der Waals surface area contributed by atoms with Crippen LogP contribution in [-0.4, -0.2) is 0 Å². The zero-order valence-corrected chi connectivity index (χ0v) is 11.0. The Hall–Kier alpha value is -0.680. The quantitative estimate of drug-likeness (QED) is 0.479. The third-order valence-electron chi connectivity index (χ3n) is 2.86. The molecule has 0 atom stereocenters.